The second-order valence-corrected chi connectivity index (χ2v) is 4.60. The van der Waals surface area contributed by atoms with Crippen LogP contribution in [-0.4, -0.2) is 12.3 Å². The number of hydrogen-bond donors (Lipinski definition) is 1. The van der Waals surface area contributed by atoms with Gasteiger partial charge in [-0.2, -0.15) is 0 Å². The van der Waals surface area contributed by atoms with Gasteiger partial charge in [-0.25, -0.2) is 0 Å². The summed E-state index contributed by atoms with van der Waals surface area (Å²) in [6.45, 7) is 0.668. The number of carbonyl (C=O) groups is 1. The molecule has 0 atom stereocenters. The van der Waals surface area contributed by atoms with Crippen LogP contribution in [0.25, 0.3) is 10.8 Å². The van der Waals surface area contributed by atoms with Crippen molar-refractivity contribution in [2.24, 2.45) is 5.73 Å². The molecule has 2 heteroatoms. The van der Waals surface area contributed by atoms with Crippen LogP contribution in [0.4, 0.5) is 0 Å². The number of hydrogen-bond acceptors (Lipinski definition) is 2. The fourth-order valence-electron chi connectivity index (χ4n) is 2.21. The van der Waals surface area contributed by atoms with Gasteiger partial charge >= 0.3 is 0 Å². The first-order valence-corrected chi connectivity index (χ1v) is 6.49. The van der Waals surface area contributed by atoms with Crippen LogP contribution in [0.2, 0.25) is 0 Å². The predicted octanol–water partition coefficient (Wildman–Crippen LogP) is 3.08. The molecule has 0 amide bonds. The highest BCUT2D eigenvalue weighted by Gasteiger charge is 2.06. The SMILES string of the molecule is NCCCCC(=O)Cc1cccc2ccccc12. The summed E-state index contributed by atoms with van der Waals surface area (Å²) in [4.78, 5) is 11.9. The molecule has 2 aromatic rings. The number of carbonyl (C=O) groups excluding carboxylic acids is 1. The van der Waals surface area contributed by atoms with Crippen LogP contribution < -0.4 is 5.73 Å². The molecule has 18 heavy (non-hydrogen) atoms. The average Bonchev–Trinajstić information content (AvgIpc) is 2.39. The predicted molar refractivity (Wildman–Crippen MR) is 75.6 cm³/mol. The third-order valence-corrected chi connectivity index (χ3v) is 3.18. The maximum atomic E-state index is 11.9. The van der Waals surface area contributed by atoms with Crippen LogP contribution in [-0.2, 0) is 11.2 Å². The molecule has 0 aliphatic carbocycles. The molecule has 2 rings (SSSR count). The molecule has 94 valence electrons. The van der Waals surface area contributed by atoms with Crippen molar-refractivity contribution in [1.82, 2.24) is 0 Å². The molecule has 2 aromatic carbocycles. The van der Waals surface area contributed by atoms with Crippen LogP contribution in [0.3, 0.4) is 0 Å². The molecule has 0 aliphatic rings. The van der Waals surface area contributed by atoms with Gasteiger partial charge in [0.2, 0.25) is 0 Å². The topological polar surface area (TPSA) is 43.1 Å². The first kappa shape index (κ1) is 12.8. The third kappa shape index (κ3) is 3.17. The summed E-state index contributed by atoms with van der Waals surface area (Å²) in [6, 6.07) is 14.3. The number of nitrogens with two attached hydrogens (primary N) is 1. The van der Waals surface area contributed by atoms with Crippen molar-refractivity contribution >= 4 is 16.6 Å². The minimum Gasteiger partial charge on any atom is -0.330 e. The van der Waals surface area contributed by atoms with E-state index in [2.05, 4.69) is 18.2 Å². The minimum atomic E-state index is 0.305. The molecule has 0 unspecified atom stereocenters. The van der Waals surface area contributed by atoms with Gasteiger partial charge in [0.25, 0.3) is 0 Å². The first-order valence-electron chi connectivity index (χ1n) is 6.49. The molecule has 0 heterocycles. The Hall–Kier alpha value is -1.67. The Labute approximate surface area is 108 Å². The summed E-state index contributed by atoms with van der Waals surface area (Å²) in [5.74, 6) is 0.305. The fraction of sp³-hybridized carbons (Fsp3) is 0.312. The molecule has 0 saturated heterocycles. The lowest BCUT2D eigenvalue weighted by molar-refractivity contribution is -0.118. The Morgan fingerprint density at radius 2 is 1.78 bits per heavy atom. The van der Waals surface area contributed by atoms with Crippen LogP contribution in [0, 0.1) is 0 Å². The minimum absolute atomic E-state index is 0.305. The molecule has 0 radical (unpaired) electrons. The lowest BCUT2D eigenvalue weighted by Crippen LogP contribution is -2.05. The average molecular weight is 241 g/mol. The number of Topliss-reactive ketones (excluding diaryl/α,β-unsaturated/α-hetero) is 1. The second-order valence-electron chi connectivity index (χ2n) is 4.60. The second kappa shape index (κ2) is 6.31. The van der Waals surface area contributed by atoms with Gasteiger partial charge in [-0.3, -0.25) is 4.79 Å². The third-order valence-electron chi connectivity index (χ3n) is 3.18. The Kier molecular flexibility index (Phi) is 4.48. The molecule has 0 fully saturated rings. The summed E-state index contributed by atoms with van der Waals surface area (Å²) in [5, 5.41) is 2.39. The standard InChI is InChI=1S/C16H19NO/c17-11-4-3-9-15(18)12-14-8-5-7-13-6-1-2-10-16(13)14/h1-2,5-8,10H,3-4,9,11-12,17H2. The van der Waals surface area contributed by atoms with E-state index < -0.39 is 0 Å². The maximum absolute atomic E-state index is 11.9. The molecule has 0 aliphatic heterocycles. The first-order chi connectivity index (χ1) is 8.81. The maximum Gasteiger partial charge on any atom is 0.137 e. The van der Waals surface area contributed by atoms with E-state index in [0.29, 0.717) is 25.2 Å². The number of fused-ring (bicyclic) bond motifs is 1. The highest BCUT2D eigenvalue weighted by atomic mass is 16.1. The lowest BCUT2D eigenvalue weighted by Gasteiger charge is -2.05. The van der Waals surface area contributed by atoms with Gasteiger partial charge in [0.05, 0.1) is 0 Å². The smallest absolute Gasteiger partial charge is 0.137 e. The Morgan fingerprint density at radius 1 is 1.00 bits per heavy atom. The Morgan fingerprint density at radius 3 is 2.61 bits per heavy atom. The van der Waals surface area contributed by atoms with E-state index in [9.17, 15) is 4.79 Å². The van der Waals surface area contributed by atoms with Crippen LogP contribution >= 0.6 is 0 Å². The van der Waals surface area contributed by atoms with E-state index in [1.165, 1.54) is 10.8 Å². The Balaban J connectivity index is 2.09. The molecular formula is C16H19NO. The van der Waals surface area contributed by atoms with Gasteiger partial charge in [0.15, 0.2) is 0 Å². The van der Waals surface area contributed by atoms with Crippen molar-refractivity contribution in [1.29, 1.82) is 0 Å². The summed E-state index contributed by atoms with van der Waals surface area (Å²) < 4.78 is 0. The van der Waals surface area contributed by atoms with Gasteiger partial charge in [-0.05, 0) is 35.7 Å². The van der Waals surface area contributed by atoms with Crippen molar-refractivity contribution in [3.05, 3.63) is 48.0 Å². The van der Waals surface area contributed by atoms with Gasteiger partial charge in [-0.1, -0.05) is 42.5 Å². The zero-order chi connectivity index (χ0) is 12.8. The highest BCUT2D eigenvalue weighted by molar-refractivity contribution is 5.90. The van der Waals surface area contributed by atoms with Gasteiger partial charge in [0, 0.05) is 12.8 Å². The quantitative estimate of drug-likeness (QED) is 0.790. The Bertz CT molecular complexity index is 528. The molecule has 0 saturated carbocycles. The van der Waals surface area contributed by atoms with Gasteiger partial charge in [-0.15, -0.1) is 0 Å². The molecule has 2 N–H and O–H groups in total. The number of rotatable bonds is 6. The van der Waals surface area contributed by atoms with Crippen LogP contribution in [0.5, 0.6) is 0 Å². The van der Waals surface area contributed by atoms with E-state index in [4.69, 9.17) is 5.73 Å². The molecule has 0 bridgehead atoms. The number of benzene rings is 2. The normalized spacial score (nSPS) is 10.7. The zero-order valence-electron chi connectivity index (χ0n) is 10.6. The highest BCUT2D eigenvalue weighted by Crippen LogP contribution is 2.19. The molecule has 2 nitrogen and oxygen atoms in total. The van der Waals surface area contributed by atoms with Crippen LogP contribution in [0.1, 0.15) is 24.8 Å². The van der Waals surface area contributed by atoms with Crippen molar-refractivity contribution in [2.75, 3.05) is 6.54 Å². The van der Waals surface area contributed by atoms with E-state index in [0.717, 1.165) is 18.4 Å². The van der Waals surface area contributed by atoms with E-state index >= 15 is 0 Å². The number of ketones is 1. The lowest BCUT2D eigenvalue weighted by atomic mass is 9.99. The van der Waals surface area contributed by atoms with Crippen molar-refractivity contribution < 1.29 is 4.79 Å². The van der Waals surface area contributed by atoms with Gasteiger partial charge < -0.3 is 5.73 Å². The molecule has 0 spiro atoms. The van der Waals surface area contributed by atoms with E-state index in [1.54, 1.807) is 0 Å². The summed E-state index contributed by atoms with van der Waals surface area (Å²) in [6.07, 6.45) is 3.01. The molecule has 0 aromatic heterocycles. The van der Waals surface area contributed by atoms with Gasteiger partial charge in [0.1, 0.15) is 5.78 Å². The largest absolute Gasteiger partial charge is 0.330 e. The van der Waals surface area contributed by atoms with Crippen molar-refractivity contribution in [2.45, 2.75) is 25.7 Å². The molecular weight excluding hydrogens is 222 g/mol. The summed E-state index contributed by atoms with van der Waals surface area (Å²) >= 11 is 0. The van der Waals surface area contributed by atoms with Crippen molar-refractivity contribution in [3.8, 4) is 0 Å². The summed E-state index contributed by atoms with van der Waals surface area (Å²) in [7, 11) is 0. The van der Waals surface area contributed by atoms with E-state index in [1.807, 2.05) is 24.3 Å². The monoisotopic (exact) mass is 241 g/mol. The zero-order valence-corrected chi connectivity index (χ0v) is 10.6. The number of unbranched alkanes of at least 4 members (excludes halogenated alkanes) is 1. The van der Waals surface area contributed by atoms with E-state index in [-0.39, 0.29) is 0 Å². The van der Waals surface area contributed by atoms with Crippen molar-refractivity contribution in [3.63, 3.8) is 0 Å². The van der Waals surface area contributed by atoms with Crippen LogP contribution in [0.15, 0.2) is 42.5 Å². The summed E-state index contributed by atoms with van der Waals surface area (Å²) in [5.41, 5.74) is 6.56. The fourth-order valence-corrected chi connectivity index (χ4v) is 2.21.